The smallest absolute Gasteiger partial charge is 0.230 e. The summed E-state index contributed by atoms with van der Waals surface area (Å²) in [6.45, 7) is 4.93. The predicted molar refractivity (Wildman–Crippen MR) is 115 cm³/mol. The summed E-state index contributed by atoms with van der Waals surface area (Å²) in [6, 6.07) is 12.7. The summed E-state index contributed by atoms with van der Waals surface area (Å²) in [5.41, 5.74) is 2.43. The lowest BCUT2D eigenvalue weighted by atomic mass is 10.0. The van der Waals surface area contributed by atoms with Gasteiger partial charge in [-0.15, -0.1) is 21.5 Å². The number of carbonyl (C=O) groups is 1. The van der Waals surface area contributed by atoms with Crippen molar-refractivity contribution in [2.75, 3.05) is 5.75 Å². The number of benzene rings is 1. The third-order valence-electron chi connectivity index (χ3n) is 4.95. The number of aromatic nitrogens is 3. The summed E-state index contributed by atoms with van der Waals surface area (Å²) in [4.78, 5) is 13.7. The van der Waals surface area contributed by atoms with Crippen molar-refractivity contribution in [3.63, 3.8) is 0 Å². The molecule has 1 fully saturated rings. The van der Waals surface area contributed by atoms with Crippen LogP contribution in [0.3, 0.4) is 0 Å². The van der Waals surface area contributed by atoms with E-state index in [0.29, 0.717) is 11.7 Å². The fourth-order valence-corrected chi connectivity index (χ4v) is 4.82. The van der Waals surface area contributed by atoms with Crippen molar-refractivity contribution in [2.45, 2.75) is 44.4 Å². The molecule has 0 saturated heterocycles. The molecule has 1 aliphatic rings. The average molecular weight is 413 g/mol. The Kier molecular flexibility index (Phi) is 5.82. The second-order valence-corrected chi connectivity index (χ2v) is 9.00. The van der Waals surface area contributed by atoms with Gasteiger partial charge in [0.2, 0.25) is 5.91 Å². The largest absolute Gasteiger partial charge is 0.348 e. The van der Waals surface area contributed by atoms with Crippen LogP contribution in [0.1, 0.15) is 36.9 Å². The monoisotopic (exact) mass is 412 g/mol. The van der Waals surface area contributed by atoms with Gasteiger partial charge in [0.25, 0.3) is 0 Å². The van der Waals surface area contributed by atoms with Crippen molar-refractivity contribution >= 4 is 29.0 Å². The molecule has 1 atom stereocenters. The first-order chi connectivity index (χ1) is 13.7. The number of nitrogens with one attached hydrogen (secondary N) is 1. The fraction of sp³-hybridized carbons (Fsp3) is 0.381. The SMILES string of the molecule is CCn1c(SCC(=O)NC(c2ccc(C)cc2)C2CC2)nnc1-c1cccs1. The molecule has 1 N–H and O–H groups in total. The lowest BCUT2D eigenvalue weighted by Gasteiger charge is -2.19. The molecule has 28 heavy (non-hydrogen) atoms. The predicted octanol–water partition coefficient (Wildman–Crippen LogP) is 4.69. The molecule has 1 unspecified atom stereocenters. The van der Waals surface area contributed by atoms with Crippen molar-refractivity contribution < 1.29 is 4.79 Å². The van der Waals surface area contributed by atoms with Gasteiger partial charge in [0.15, 0.2) is 11.0 Å². The van der Waals surface area contributed by atoms with Crippen LogP contribution in [-0.4, -0.2) is 26.4 Å². The van der Waals surface area contributed by atoms with Crippen LogP contribution in [0, 0.1) is 12.8 Å². The highest BCUT2D eigenvalue weighted by molar-refractivity contribution is 7.99. The third kappa shape index (κ3) is 4.31. The third-order valence-corrected chi connectivity index (χ3v) is 6.79. The van der Waals surface area contributed by atoms with Crippen molar-refractivity contribution in [3.05, 3.63) is 52.9 Å². The molecule has 1 aromatic carbocycles. The minimum atomic E-state index is 0.0470. The topological polar surface area (TPSA) is 59.8 Å². The molecular formula is C21H24N4OS2. The molecule has 1 saturated carbocycles. The first kappa shape index (κ1) is 19.2. The standard InChI is InChI=1S/C21H24N4OS2/c1-3-25-20(17-5-4-12-27-17)23-24-21(25)28-13-18(26)22-19(16-10-11-16)15-8-6-14(2)7-9-15/h4-9,12,16,19H,3,10-11,13H2,1-2H3,(H,22,26). The number of thiophene rings is 1. The number of thioether (sulfide) groups is 1. The molecule has 0 bridgehead atoms. The number of amides is 1. The van der Waals surface area contributed by atoms with E-state index in [0.717, 1.165) is 22.4 Å². The van der Waals surface area contributed by atoms with Crippen molar-refractivity contribution in [3.8, 4) is 10.7 Å². The van der Waals surface area contributed by atoms with Gasteiger partial charge in [-0.2, -0.15) is 0 Å². The van der Waals surface area contributed by atoms with Gasteiger partial charge in [-0.05, 0) is 49.6 Å². The zero-order chi connectivity index (χ0) is 19.5. The van der Waals surface area contributed by atoms with Crippen LogP contribution in [0.2, 0.25) is 0 Å². The molecule has 1 amide bonds. The zero-order valence-electron chi connectivity index (χ0n) is 16.1. The van der Waals surface area contributed by atoms with Crippen molar-refractivity contribution in [1.29, 1.82) is 0 Å². The maximum absolute atomic E-state index is 12.6. The first-order valence-electron chi connectivity index (χ1n) is 9.61. The number of hydrogen-bond donors (Lipinski definition) is 1. The minimum absolute atomic E-state index is 0.0470. The van der Waals surface area contributed by atoms with Gasteiger partial charge >= 0.3 is 0 Å². The van der Waals surface area contributed by atoms with Gasteiger partial charge in [0, 0.05) is 6.54 Å². The van der Waals surface area contributed by atoms with Crippen LogP contribution in [-0.2, 0) is 11.3 Å². The summed E-state index contributed by atoms with van der Waals surface area (Å²) >= 11 is 3.10. The Labute approximate surface area is 173 Å². The summed E-state index contributed by atoms with van der Waals surface area (Å²) in [7, 11) is 0. The Hall–Kier alpha value is -2.12. The number of aryl methyl sites for hydroxylation is 1. The average Bonchev–Trinajstić information content (AvgIpc) is 3.23. The molecule has 1 aliphatic carbocycles. The number of hydrogen-bond acceptors (Lipinski definition) is 5. The lowest BCUT2D eigenvalue weighted by Crippen LogP contribution is -2.31. The number of nitrogens with zero attached hydrogens (tertiary/aromatic N) is 3. The Bertz CT molecular complexity index is 930. The van der Waals surface area contributed by atoms with E-state index in [2.05, 4.69) is 58.2 Å². The van der Waals surface area contributed by atoms with Gasteiger partial charge in [-0.1, -0.05) is 47.7 Å². The Balaban J connectivity index is 1.41. The highest BCUT2D eigenvalue weighted by Gasteiger charge is 2.33. The van der Waals surface area contributed by atoms with Crippen LogP contribution in [0.5, 0.6) is 0 Å². The van der Waals surface area contributed by atoms with Crippen LogP contribution in [0.15, 0.2) is 46.9 Å². The van der Waals surface area contributed by atoms with Gasteiger partial charge in [-0.25, -0.2) is 0 Å². The minimum Gasteiger partial charge on any atom is -0.348 e. The van der Waals surface area contributed by atoms with E-state index < -0.39 is 0 Å². The molecule has 0 spiro atoms. The van der Waals surface area contributed by atoms with E-state index in [-0.39, 0.29) is 11.9 Å². The van der Waals surface area contributed by atoms with E-state index >= 15 is 0 Å². The normalized spacial score (nSPS) is 14.8. The van der Waals surface area contributed by atoms with Gasteiger partial charge in [-0.3, -0.25) is 4.79 Å². The van der Waals surface area contributed by atoms with Gasteiger partial charge in [0.1, 0.15) is 0 Å². The van der Waals surface area contributed by atoms with Crippen LogP contribution >= 0.6 is 23.1 Å². The highest BCUT2D eigenvalue weighted by atomic mass is 32.2. The highest BCUT2D eigenvalue weighted by Crippen LogP contribution is 2.41. The number of carbonyl (C=O) groups excluding carboxylic acids is 1. The van der Waals surface area contributed by atoms with Crippen molar-refractivity contribution in [1.82, 2.24) is 20.1 Å². The second kappa shape index (κ2) is 8.49. The number of rotatable bonds is 8. The molecule has 4 rings (SSSR count). The zero-order valence-corrected chi connectivity index (χ0v) is 17.7. The molecule has 2 heterocycles. The van der Waals surface area contributed by atoms with Gasteiger partial charge in [0.05, 0.1) is 16.7 Å². The summed E-state index contributed by atoms with van der Waals surface area (Å²) in [5, 5.41) is 14.7. The lowest BCUT2D eigenvalue weighted by molar-refractivity contribution is -0.119. The quantitative estimate of drug-likeness (QED) is 0.545. The van der Waals surface area contributed by atoms with E-state index in [9.17, 15) is 4.79 Å². The maximum atomic E-state index is 12.6. The summed E-state index contributed by atoms with van der Waals surface area (Å²) in [6.07, 6.45) is 2.36. The molecule has 2 aromatic heterocycles. The summed E-state index contributed by atoms with van der Waals surface area (Å²) in [5.74, 6) is 1.82. The molecule has 0 radical (unpaired) electrons. The molecule has 7 heteroatoms. The van der Waals surface area contributed by atoms with E-state index in [4.69, 9.17) is 0 Å². The van der Waals surface area contributed by atoms with E-state index in [1.807, 2.05) is 17.5 Å². The fourth-order valence-electron chi connectivity index (χ4n) is 3.29. The second-order valence-electron chi connectivity index (χ2n) is 7.11. The Morgan fingerprint density at radius 2 is 2.07 bits per heavy atom. The first-order valence-corrected chi connectivity index (χ1v) is 11.5. The molecule has 3 aromatic rings. The molecular weight excluding hydrogens is 388 g/mol. The Morgan fingerprint density at radius 3 is 2.71 bits per heavy atom. The van der Waals surface area contributed by atoms with Crippen LogP contribution in [0.25, 0.3) is 10.7 Å². The molecule has 5 nitrogen and oxygen atoms in total. The molecule has 146 valence electrons. The Morgan fingerprint density at radius 1 is 1.29 bits per heavy atom. The van der Waals surface area contributed by atoms with Crippen LogP contribution < -0.4 is 5.32 Å². The van der Waals surface area contributed by atoms with Crippen molar-refractivity contribution in [2.24, 2.45) is 5.92 Å². The summed E-state index contributed by atoms with van der Waals surface area (Å²) < 4.78 is 2.07. The van der Waals surface area contributed by atoms with Gasteiger partial charge < -0.3 is 9.88 Å². The van der Waals surface area contributed by atoms with Crippen LogP contribution in [0.4, 0.5) is 0 Å². The maximum Gasteiger partial charge on any atom is 0.230 e. The van der Waals surface area contributed by atoms with E-state index in [1.165, 1.54) is 35.7 Å². The van der Waals surface area contributed by atoms with E-state index in [1.54, 1.807) is 11.3 Å². The molecule has 0 aliphatic heterocycles.